The molecule has 2 fully saturated rings. The van der Waals surface area contributed by atoms with Crippen LogP contribution in [0.1, 0.15) is 31.2 Å². The molecule has 0 aromatic heterocycles. The first kappa shape index (κ1) is 15.0. The first-order valence-corrected chi connectivity index (χ1v) is 8.51. The van der Waals surface area contributed by atoms with E-state index in [9.17, 15) is 5.11 Å². The van der Waals surface area contributed by atoms with E-state index in [1.54, 1.807) is 0 Å². The van der Waals surface area contributed by atoms with Crippen LogP contribution in [0.5, 0.6) is 0 Å². The van der Waals surface area contributed by atoms with Gasteiger partial charge in [0.2, 0.25) is 0 Å². The quantitative estimate of drug-likeness (QED) is 0.919. The molecule has 1 aliphatic carbocycles. The normalized spacial score (nSPS) is 28.6. The van der Waals surface area contributed by atoms with Gasteiger partial charge in [-0.1, -0.05) is 43.2 Å². The highest BCUT2D eigenvalue weighted by Gasteiger charge is 2.30. The molecule has 2 atom stereocenters. The van der Waals surface area contributed by atoms with Gasteiger partial charge < -0.3 is 10.0 Å². The van der Waals surface area contributed by atoms with Gasteiger partial charge in [-0.05, 0) is 24.8 Å². The summed E-state index contributed by atoms with van der Waals surface area (Å²) in [5.41, 5.74) is 1.43. The van der Waals surface area contributed by atoms with Crippen LogP contribution in [0.15, 0.2) is 30.3 Å². The van der Waals surface area contributed by atoms with Crippen molar-refractivity contribution in [2.75, 3.05) is 32.7 Å². The topological polar surface area (TPSA) is 26.7 Å². The molecule has 1 heterocycles. The van der Waals surface area contributed by atoms with Crippen LogP contribution < -0.4 is 0 Å². The third-order valence-corrected chi connectivity index (χ3v) is 5.13. The molecule has 1 aromatic carbocycles. The molecule has 21 heavy (non-hydrogen) atoms. The van der Waals surface area contributed by atoms with E-state index in [0.717, 1.165) is 45.6 Å². The van der Waals surface area contributed by atoms with Crippen molar-refractivity contribution in [1.29, 1.82) is 0 Å². The molecule has 1 N–H and O–H groups in total. The molecule has 116 valence electrons. The van der Waals surface area contributed by atoms with E-state index in [0.29, 0.717) is 6.04 Å². The van der Waals surface area contributed by atoms with Crippen molar-refractivity contribution in [2.45, 2.75) is 44.2 Å². The highest BCUT2D eigenvalue weighted by Crippen LogP contribution is 2.24. The van der Waals surface area contributed by atoms with E-state index in [4.69, 9.17) is 0 Å². The van der Waals surface area contributed by atoms with Gasteiger partial charge >= 0.3 is 0 Å². The van der Waals surface area contributed by atoms with E-state index in [2.05, 4.69) is 40.1 Å². The maximum atomic E-state index is 10.2. The lowest BCUT2D eigenvalue weighted by Gasteiger charge is -2.42. The summed E-state index contributed by atoms with van der Waals surface area (Å²) in [5, 5.41) is 10.2. The minimum absolute atomic E-state index is 0.0883. The molecule has 1 saturated carbocycles. The average molecular weight is 288 g/mol. The van der Waals surface area contributed by atoms with Crippen LogP contribution in [0.25, 0.3) is 0 Å². The Morgan fingerprint density at radius 3 is 2.38 bits per heavy atom. The Kier molecular flexibility index (Phi) is 5.28. The fourth-order valence-electron chi connectivity index (χ4n) is 3.77. The summed E-state index contributed by atoms with van der Waals surface area (Å²) in [6.07, 6.45) is 5.73. The van der Waals surface area contributed by atoms with Crippen molar-refractivity contribution in [1.82, 2.24) is 9.80 Å². The summed E-state index contributed by atoms with van der Waals surface area (Å²) >= 11 is 0. The summed E-state index contributed by atoms with van der Waals surface area (Å²) < 4.78 is 0. The van der Waals surface area contributed by atoms with Crippen molar-refractivity contribution in [2.24, 2.45) is 0 Å². The molecule has 2 unspecified atom stereocenters. The van der Waals surface area contributed by atoms with Gasteiger partial charge in [-0.3, -0.25) is 4.90 Å². The Hall–Kier alpha value is -0.900. The Bertz CT molecular complexity index is 414. The molecular weight excluding hydrogens is 260 g/mol. The predicted molar refractivity (Wildman–Crippen MR) is 86.4 cm³/mol. The van der Waals surface area contributed by atoms with Gasteiger partial charge in [0.05, 0.1) is 6.10 Å². The molecule has 0 bridgehead atoms. The molecule has 0 radical (unpaired) electrons. The zero-order chi connectivity index (χ0) is 14.5. The van der Waals surface area contributed by atoms with Gasteiger partial charge in [-0.2, -0.15) is 0 Å². The van der Waals surface area contributed by atoms with Gasteiger partial charge in [-0.25, -0.2) is 0 Å². The molecular formula is C18H28N2O. The van der Waals surface area contributed by atoms with E-state index in [1.165, 1.54) is 24.8 Å². The van der Waals surface area contributed by atoms with Crippen molar-refractivity contribution in [3.63, 3.8) is 0 Å². The van der Waals surface area contributed by atoms with Crippen LogP contribution in [-0.4, -0.2) is 59.8 Å². The molecule has 1 aliphatic heterocycles. The minimum Gasteiger partial charge on any atom is -0.391 e. The number of benzene rings is 1. The van der Waals surface area contributed by atoms with E-state index < -0.39 is 0 Å². The minimum atomic E-state index is -0.0883. The number of aliphatic hydroxyl groups excluding tert-OH is 1. The van der Waals surface area contributed by atoms with Crippen LogP contribution in [0.4, 0.5) is 0 Å². The second-order valence-corrected chi connectivity index (χ2v) is 6.53. The maximum absolute atomic E-state index is 10.2. The van der Waals surface area contributed by atoms with Crippen LogP contribution in [-0.2, 0) is 6.42 Å². The molecule has 0 spiro atoms. The highest BCUT2D eigenvalue weighted by molar-refractivity contribution is 5.14. The summed E-state index contributed by atoms with van der Waals surface area (Å²) in [6.45, 7) is 5.70. The number of hydrogen-bond acceptors (Lipinski definition) is 3. The number of hydrogen-bond donors (Lipinski definition) is 1. The number of aliphatic hydroxyl groups is 1. The monoisotopic (exact) mass is 288 g/mol. The Morgan fingerprint density at radius 2 is 1.67 bits per heavy atom. The molecule has 3 rings (SSSR count). The van der Waals surface area contributed by atoms with Crippen molar-refractivity contribution < 1.29 is 5.11 Å². The van der Waals surface area contributed by atoms with Crippen molar-refractivity contribution in [3.8, 4) is 0 Å². The molecule has 1 saturated heterocycles. The van der Waals surface area contributed by atoms with Gasteiger partial charge in [-0.15, -0.1) is 0 Å². The average Bonchev–Trinajstić information content (AvgIpc) is 2.55. The summed E-state index contributed by atoms with van der Waals surface area (Å²) in [5.74, 6) is 0. The maximum Gasteiger partial charge on any atom is 0.0695 e. The van der Waals surface area contributed by atoms with E-state index in [-0.39, 0.29) is 6.10 Å². The van der Waals surface area contributed by atoms with Gasteiger partial charge in [0.1, 0.15) is 0 Å². The third-order valence-electron chi connectivity index (χ3n) is 5.13. The van der Waals surface area contributed by atoms with Crippen LogP contribution in [0, 0.1) is 0 Å². The second-order valence-electron chi connectivity index (χ2n) is 6.53. The first-order chi connectivity index (χ1) is 10.3. The Labute approximate surface area is 128 Å². The molecule has 1 aromatic rings. The van der Waals surface area contributed by atoms with Gasteiger partial charge in [0.25, 0.3) is 0 Å². The van der Waals surface area contributed by atoms with Crippen LogP contribution >= 0.6 is 0 Å². The summed E-state index contributed by atoms with van der Waals surface area (Å²) in [4.78, 5) is 5.10. The lowest BCUT2D eigenvalue weighted by molar-refractivity contribution is -0.00329. The van der Waals surface area contributed by atoms with Crippen molar-refractivity contribution >= 4 is 0 Å². The lowest BCUT2D eigenvalue weighted by Crippen LogP contribution is -2.54. The van der Waals surface area contributed by atoms with E-state index >= 15 is 0 Å². The largest absolute Gasteiger partial charge is 0.391 e. The first-order valence-electron chi connectivity index (χ1n) is 8.51. The predicted octanol–water partition coefficient (Wildman–Crippen LogP) is 2.15. The standard InChI is InChI=1S/C18H28N2O/c21-18-9-5-4-8-17(18)20-14-12-19(13-15-20)11-10-16-6-2-1-3-7-16/h1-3,6-7,17-18,21H,4-5,8-15H2. The zero-order valence-corrected chi connectivity index (χ0v) is 13.0. The smallest absolute Gasteiger partial charge is 0.0695 e. The number of rotatable bonds is 4. The fraction of sp³-hybridized carbons (Fsp3) is 0.667. The third kappa shape index (κ3) is 4.06. The van der Waals surface area contributed by atoms with Crippen LogP contribution in [0.3, 0.4) is 0 Å². The van der Waals surface area contributed by atoms with Gasteiger partial charge in [0, 0.05) is 38.8 Å². The second kappa shape index (κ2) is 7.39. The SMILES string of the molecule is OC1CCCCC1N1CCN(CCc2ccccc2)CC1. The zero-order valence-electron chi connectivity index (χ0n) is 13.0. The Morgan fingerprint density at radius 1 is 0.952 bits per heavy atom. The highest BCUT2D eigenvalue weighted by atomic mass is 16.3. The van der Waals surface area contributed by atoms with Crippen LogP contribution in [0.2, 0.25) is 0 Å². The number of piperazine rings is 1. The molecule has 3 heteroatoms. The van der Waals surface area contributed by atoms with Gasteiger partial charge in [0.15, 0.2) is 0 Å². The lowest BCUT2D eigenvalue weighted by atomic mass is 9.91. The summed E-state index contributed by atoms with van der Waals surface area (Å²) in [7, 11) is 0. The van der Waals surface area contributed by atoms with E-state index in [1.807, 2.05) is 0 Å². The molecule has 2 aliphatic rings. The van der Waals surface area contributed by atoms with Crippen molar-refractivity contribution in [3.05, 3.63) is 35.9 Å². The summed E-state index contributed by atoms with van der Waals surface area (Å²) in [6, 6.07) is 11.2. The molecule has 3 nitrogen and oxygen atoms in total. The fourth-order valence-corrected chi connectivity index (χ4v) is 3.77. The number of nitrogens with zero attached hydrogens (tertiary/aromatic N) is 2. The Balaban J connectivity index is 1.42. The molecule has 0 amide bonds.